The van der Waals surface area contributed by atoms with Gasteiger partial charge in [0.2, 0.25) is 0 Å². The molecule has 4 rings (SSSR count). The average molecular weight is 263 g/mol. The number of anilines is 1. The second kappa shape index (κ2) is 4.20. The molecule has 4 heteroatoms. The lowest BCUT2D eigenvalue weighted by Gasteiger charge is -2.10. The predicted molar refractivity (Wildman–Crippen MR) is 80.0 cm³/mol. The minimum Gasteiger partial charge on any atom is -0.369 e. The molecular formula is C16H13N3O. The van der Waals surface area contributed by atoms with Gasteiger partial charge in [0, 0.05) is 17.7 Å². The van der Waals surface area contributed by atoms with Crippen molar-refractivity contribution in [1.82, 2.24) is 9.97 Å². The van der Waals surface area contributed by atoms with Crippen LogP contribution in [0.3, 0.4) is 0 Å². The Hall–Kier alpha value is -2.62. The number of aromatic amines is 1. The Morgan fingerprint density at radius 3 is 2.85 bits per heavy atom. The minimum atomic E-state index is -0.305. The first-order valence-corrected chi connectivity index (χ1v) is 6.68. The highest BCUT2D eigenvalue weighted by Gasteiger charge is 2.19. The fourth-order valence-corrected chi connectivity index (χ4v) is 2.87. The zero-order valence-corrected chi connectivity index (χ0v) is 10.8. The van der Waals surface area contributed by atoms with Gasteiger partial charge >= 0.3 is 5.69 Å². The third-order valence-corrected chi connectivity index (χ3v) is 3.76. The molecule has 0 aliphatic carbocycles. The molecule has 1 aromatic heterocycles. The molecule has 1 aliphatic heterocycles. The summed E-state index contributed by atoms with van der Waals surface area (Å²) in [6.07, 6.45) is 0.887. The largest absolute Gasteiger partial charge is 0.369 e. The Balaban J connectivity index is 2.08. The van der Waals surface area contributed by atoms with Crippen molar-refractivity contribution in [2.45, 2.75) is 6.42 Å². The van der Waals surface area contributed by atoms with Gasteiger partial charge in [-0.3, -0.25) is 0 Å². The molecule has 0 spiro atoms. The molecule has 0 fully saturated rings. The van der Waals surface area contributed by atoms with Gasteiger partial charge in [-0.15, -0.1) is 0 Å². The maximum Gasteiger partial charge on any atom is 0.347 e. The zero-order chi connectivity index (χ0) is 13.5. The van der Waals surface area contributed by atoms with Crippen molar-refractivity contribution in [3.8, 4) is 11.3 Å². The van der Waals surface area contributed by atoms with Crippen molar-refractivity contribution in [2.24, 2.45) is 0 Å². The van der Waals surface area contributed by atoms with E-state index in [4.69, 9.17) is 0 Å². The molecule has 98 valence electrons. The summed E-state index contributed by atoms with van der Waals surface area (Å²) in [7, 11) is 0. The average Bonchev–Trinajstić information content (AvgIpc) is 2.94. The number of H-pyrrole nitrogens is 1. The Morgan fingerprint density at radius 1 is 1.05 bits per heavy atom. The molecule has 0 saturated heterocycles. The summed E-state index contributed by atoms with van der Waals surface area (Å²) in [4.78, 5) is 18.7. The van der Waals surface area contributed by atoms with Crippen LogP contribution >= 0.6 is 0 Å². The Kier molecular flexibility index (Phi) is 2.36. The summed E-state index contributed by atoms with van der Waals surface area (Å²) < 4.78 is 0. The standard InChI is InChI=1S/C16H13N3O/c20-16-18-14(13-8-9-17-15(13)19-16)12-7-3-5-10-4-1-2-6-11(10)12/h1-7H,8-9H2,(H2,17,18,19,20). The number of nitrogens with one attached hydrogen (secondary N) is 2. The molecule has 2 heterocycles. The van der Waals surface area contributed by atoms with E-state index in [2.05, 4.69) is 33.5 Å². The van der Waals surface area contributed by atoms with E-state index < -0.39 is 0 Å². The van der Waals surface area contributed by atoms with Crippen LogP contribution in [0.15, 0.2) is 47.3 Å². The molecule has 0 bridgehead atoms. The van der Waals surface area contributed by atoms with Gasteiger partial charge in [-0.25, -0.2) is 4.79 Å². The van der Waals surface area contributed by atoms with Crippen molar-refractivity contribution in [2.75, 3.05) is 11.9 Å². The summed E-state index contributed by atoms with van der Waals surface area (Å²) in [5, 5.41) is 5.48. The summed E-state index contributed by atoms with van der Waals surface area (Å²) >= 11 is 0. The van der Waals surface area contributed by atoms with Crippen LogP contribution in [0.4, 0.5) is 5.82 Å². The maximum absolute atomic E-state index is 11.8. The monoisotopic (exact) mass is 263 g/mol. The molecule has 2 aromatic carbocycles. The van der Waals surface area contributed by atoms with Gasteiger partial charge in [-0.2, -0.15) is 4.98 Å². The van der Waals surface area contributed by atoms with Crippen molar-refractivity contribution in [3.05, 3.63) is 58.5 Å². The quantitative estimate of drug-likeness (QED) is 0.709. The number of hydrogen-bond acceptors (Lipinski definition) is 3. The second-order valence-electron chi connectivity index (χ2n) is 4.95. The van der Waals surface area contributed by atoms with Crippen molar-refractivity contribution < 1.29 is 0 Å². The number of hydrogen-bond donors (Lipinski definition) is 2. The molecule has 0 radical (unpaired) electrons. The highest BCUT2D eigenvalue weighted by Crippen LogP contribution is 2.32. The normalized spacial score (nSPS) is 13.2. The van der Waals surface area contributed by atoms with E-state index in [1.807, 2.05) is 24.3 Å². The molecule has 0 atom stereocenters. The summed E-state index contributed by atoms with van der Waals surface area (Å²) in [6, 6.07) is 14.3. The molecule has 0 amide bonds. The molecule has 20 heavy (non-hydrogen) atoms. The number of fused-ring (bicyclic) bond motifs is 2. The molecular weight excluding hydrogens is 250 g/mol. The Bertz CT molecular complexity index is 862. The number of rotatable bonds is 1. The lowest BCUT2D eigenvalue weighted by molar-refractivity contribution is 1.06. The van der Waals surface area contributed by atoms with Gasteiger partial charge < -0.3 is 10.3 Å². The first-order chi connectivity index (χ1) is 9.83. The van der Waals surface area contributed by atoms with Gasteiger partial charge in [-0.05, 0) is 17.2 Å². The van der Waals surface area contributed by atoms with E-state index in [9.17, 15) is 4.79 Å². The van der Waals surface area contributed by atoms with Crippen LogP contribution in [0.1, 0.15) is 5.56 Å². The number of aromatic nitrogens is 2. The number of nitrogens with zero attached hydrogens (tertiary/aromatic N) is 1. The zero-order valence-electron chi connectivity index (χ0n) is 10.8. The minimum absolute atomic E-state index is 0.305. The Morgan fingerprint density at radius 2 is 1.90 bits per heavy atom. The molecule has 3 aromatic rings. The molecule has 2 N–H and O–H groups in total. The molecule has 0 saturated carbocycles. The van der Waals surface area contributed by atoms with E-state index in [1.165, 1.54) is 5.39 Å². The topological polar surface area (TPSA) is 57.8 Å². The highest BCUT2D eigenvalue weighted by atomic mass is 16.1. The van der Waals surface area contributed by atoms with E-state index >= 15 is 0 Å². The molecule has 4 nitrogen and oxygen atoms in total. The second-order valence-corrected chi connectivity index (χ2v) is 4.95. The fraction of sp³-hybridized carbons (Fsp3) is 0.125. The lowest BCUT2D eigenvalue weighted by atomic mass is 9.99. The van der Waals surface area contributed by atoms with Crippen LogP contribution in [0.25, 0.3) is 22.0 Å². The summed E-state index contributed by atoms with van der Waals surface area (Å²) in [6.45, 7) is 0.831. The smallest absolute Gasteiger partial charge is 0.347 e. The predicted octanol–water partition coefficient (Wildman–Crippen LogP) is 2.56. The fourth-order valence-electron chi connectivity index (χ4n) is 2.87. The maximum atomic E-state index is 11.8. The van der Waals surface area contributed by atoms with Gasteiger partial charge in [0.1, 0.15) is 5.82 Å². The van der Waals surface area contributed by atoms with Gasteiger partial charge in [0.15, 0.2) is 0 Å². The van der Waals surface area contributed by atoms with E-state index in [0.29, 0.717) is 0 Å². The van der Waals surface area contributed by atoms with Crippen LogP contribution in [-0.4, -0.2) is 16.5 Å². The highest BCUT2D eigenvalue weighted by molar-refractivity contribution is 5.97. The van der Waals surface area contributed by atoms with E-state index in [-0.39, 0.29) is 5.69 Å². The van der Waals surface area contributed by atoms with Gasteiger partial charge in [-0.1, -0.05) is 42.5 Å². The molecule has 0 unspecified atom stereocenters. The third kappa shape index (κ3) is 1.61. The van der Waals surface area contributed by atoms with E-state index in [0.717, 1.165) is 41.0 Å². The van der Waals surface area contributed by atoms with Crippen molar-refractivity contribution in [1.29, 1.82) is 0 Å². The first-order valence-electron chi connectivity index (χ1n) is 6.68. The third-order valence-electron chi connectivity index (χ3n) is 3.76. The van der Waals surface area contributed by atoms with Crippen LogP contribution < -0.4 is 11.0 Å². The van der Waals surface area contributed by atoms with E-state index in [1.54, 1.807) is 0 Å². The van der Waals surface area contributed by atoms with Crippen LogP contribution in [0, 0.1) is 0 Å². The number of benzene rings is 2. The van der Waals surface area contributed by atoms with Crippen molar-refractivity contribution in [3.63, 3.8) is 0 Å². The van der Waals surface area contributed by atoms with Gasteiger partial charge in [0.05, 0.1) is 5.69 Å². The van der Waals surface area contributed by atoms with Crippen LogP contribution in [0.5, 0.6) is 0 Å². The van der Waals surface area contributed by atoms with Gasteiger partial charge in [0.25, 0.3) is 0 Å². The Labute approximate surface area is 115 Å². The first kappa shape index (κ1) is 11.2. The van der Waals surface area contributed by atoms with Crippen LogP contribution in [-0.2, 0) is 6.42 Å². The summed E-state index contributed by atoms with van der Waals surface area (Å²) in [5.74, 6) is 0.719. The SMILES string of the molecule is O=c1nc2c(c(-c3cccc4ccccc34)[nH]1)CCN2. The lowest BCUT2D eigenvalue weighted by Crippen LogP contribution is -2.13. The van der Waals surface area contributed by atoms with Crippen LogP contribution in [0.2, 0.25) is 0 Å². The summed E-state index contributed by atoms with van der Waals surface area (Å²) in [5.41, 5.74) is 2.74. The van der Waals surface area contributed by atoms with Crippen molar-refractivity contribution >= 4 is 16.6 Å². The molecule has 1 aliphatic rings.